The first-order valence-electron chi connectivity index (χ1n) is 5.60. The number of aromatic carboxylic acids is 1. The number of hydrogen-bond donors (Lipinski definition) is 3. The largest absolute Gasteiger partial charge is 0.508 e. The van der Waals surface area contributed by atoms with Gasteiger partial charge in [-0.25, -0.2) is 4.79 Å². The fourth-order valence-corrected chi connectivity index (χ4v) is 1.87. The third kappa shape index (κ3) is 3.27. The van der Waals surface area contributed by atoms with Gasteiger partial charge in [-0.3, -0.25) is 4.79 Å². The quantitative estimate of drug-likeness (QED) is 0.811. The van der Waals surface area contributed by atoms with Gasteiger partial charge in [0.15, 0.2) is 0 Å². The molecule has 2 rings (SSSR count). The van der Waals surface area contributed by atoms with Crippen molar-refractivity contribution >= 4 is 29.2 Å². The van der Waals surface area contributed by atoms with E-state index in [4.69, 9.17) is 16.7 Å². The summed E-state index contributed by atoms with van der Waals surface area (Å²) in [5.74, 6) is -1.64. The Bertz CT molecular complexity index is 685. The third-order valence-corrected chi connectivity index (χ3v) is 2.73. The number of carboxylic acids is 1. The maximum atomic E-state index is 11.9. The zero-order chi connectivity index (χ0) is 14.7. The highest BCUT2D eigenvalue weighted by atomic mass is 35.5. The topological polar surface area (TPSA) is 86.6 Å². The standard InChI is InChI=1S/C14H10ClNO4/c15-10-4-9(14(19)20)5-11(7-10)16-13(18)8-2-1-3-12(17)6-8/h1-7,17H,(H,16,18)(H,19,20). The third-order valence-electron chi connectivity index (χ3n) is 2.51. The van der Waals surface area contributed by atoms with E-state index in [-0.39, 0.29) is 27.6 Å². The molecule has 0 heterocycles. The van der Waals surface area contributed by atoms with Crippen LogP contribution in [0.15, 0.2) is 42.5 Å². The molecule has 0 saturated heterocycles. The molecule has 6 heteroatoms. The summed E-state index contributed by atoms with van der Waals surface area (Å²) < 4.78 is 0. The number of rotatable bonds is 3. The molecule has 0 unspecified atom stereocenters. The Kier molecular flexibility index (Phi) is 3.91. The van der Waals surface area contributed by atoms with Crippen LogP contribution in [0.1, 0.15) is 20.7 Å². The Morgan fingerprint density at radius 3 is 2.45 bits per heavy atom. The maximum Gasteiger partial charge on any atom is 0.335 e. The van der Waals surface area contributed by atoms with Crippen LogP contribution in [0.25, 0.3) is 0 Å². The van der Waals surface area contributed by atoms with Gasteiger partial charge < -0.3 is 15.5 Å². The normalized spacial score (nSPS) is 10.1. The number of carbonyl (C=O) groups excluding carboxylic acids is 1. The van der Waals surface area contributed by atoms with Gasteiger partial charge in [-0.2, -0.15) is 0 Å². The van der Waals surface area contributed by atoms with Crippen molar-refractivity contribution < 1.29 is 19.8 Å². The molecule has 1 amide bonds. The lowest BCUT2D eigenvalue weighted by Crippen LogP contribution is -2.12. The van der Waals surface area contributed by atoms with Gasteiger partial charge in [0.2, 0.25) is 0 Å². The average Bonchev–Trinajstić information content (AvgIpc) is 2.37. The summed E-state index contributed by atoms with van der Waals surface area (Å²) in [7, 11) is 0. The molecule has 0 atom stereocenters. The van der Waals surface area contributed by atoms with E-state index in [1.165, 1.54) is 42.5 Å². The summed E-state index contributed by atoms with van der Waals surface area (Å²) in [6.07, 6.45) is 0. The van der Waals surface area contributed by atoms with Gasteiger partial charge in [-0.15, -0.1) is 0 Å². The molecule has 0 fully saturated rings. The van der Waals surface area contributed by atoms with Crippen molar-refractivity contribution in [2.24, 2.45) is 0 Å². The van der Waals surface area contributed by atoms with Gasteiger partial charge in [-0.1, -0.05) is 17.7 Å². The SMILES string of the molecule is O=C(O)c1cc(Cl)cc(NC(=O)c2cccc(O)c2)c1. The molecule has 5 nitrogen and oxygen atoms in total. The number of hydrogen-bond acceptors (Lipinski definition) is 3. The molecule has 102 valence electrons. The number of benzene rings is 2. The van der Waals surface area contributed by atoms with Crippen molar-refractivity contribution in [2.75, 3.05) is 5.32 Å². The molecular formula is C14H10ClNO4. The number of carbonyl (C=O) groups is 2. The number of halogens is 1. The summed E-state index contributed by atoms with van der Waals surface area (Å²) >= 11 is 5.79. The minimum Gasteiger partial charge on any atom is -0.508 e. The van der Waals surface area contributed by atoms with Crippen molar-refractivity contribution in [3.8, 4) is 5.75 Å². The first-order valence-corrected chi connectivity index (χ1v) is 5.98. The number of nitrogens with one attached hydrogen (secondary N) is 1. The van der Waals surface area contributed by atoms with Crippen LogP contribution in [0.3, 0.4) is 0 Å². The minimum atomic E-state index is -1.14. The minimum absolute atomic E-state index is 0.0243. The fraction of sp³-hybridized carbons (Fsp3) is 0. The molecule has 2 aromatic carbocycles. The van der Waals surface area contributed by atoms with Crippen LogP contribution < -0.4 is 5.32 Å². The van der Waals surface area contributed by atoms with Gasteiger partial charge in [0, 0.05) is 16.3 Å². The molecule has 0 saturated carbocycles. The van der Waals surface area contributed by atoms with Crippen LogP contribution in [-0.4, -0.2) is 22.1 Å². The van der Waals surface area contributed by atoms with E-state index in [0.29, 0.717) is 0 Å². The summed E-state index contributed by atoms with van der Waals surface area (Å²) in [6, 6.07) is 9.83. The Hall–Kier alpha value is -2.53. The molecule has 0 aliphatic rings. The molecule has 0 bridgehead atoms. The maximum absolute atomic E-state index is 11.9. The molecule has 0 radical (unpaired) electrons. The van der Waals surface area contributed by atoms with Crippen LogP contribution >= 0.6 is 11.6 Å². The van der Waals surface area contributed by atoms with Gasteiger partial charge in [0.05, 0.1) is 5.56 Å². The number of carboxylic acid groups (broad SMARTS) is 1. The number of phenols is 1. The van der Waals surface area contributed by atoms with Gasteiger partial charge in [0.1, 0.15) is 5.75 Å². The van der Waals surface area contributed by atoms with E-state index in [1.807, 2.05) is 0 Å². The van der Waals surface area contributed by atoms with Crippen molar-refractivity contribution in [1.82, 2.24) is 0 Å². The van der Waals surface area contributed by atoms with Crippen molar-refractivity contribution in [2.45, 2.75) is 0 Å². The second-order valence-corrected chi connectivity index (χ2v) is 4.47. The van der Waals surface area contributed by atoms with Crippen LogP contribution in [0, 0.1) is 0 Å². The molecule has 0 spiro atoms. The lowest BCUT2D eigenvalue weighted by Gasteiger charge is -2.07. The highest BCUT2D eigenvalue weighted by Crippen LogP contribution is 2.20. The molecule has 20 heavy (non-hydrogen) atoms. The first kappa shape index (κ1) is 13.9. The number of aromatic hydroxyl groups is 1. The lowest BCUT2D eigenvalue weighted by molar-refractivity contribution is 0.0696. The lowest BCUT2D eigenvalue weighted by atomic mass is 10.1. The molecular weight excluding hydrogens is 282 g/mol. The predicted octanol–water partition coefficient (Wildman–Crippen LogP) is 3.00. The van der Waals surface area contributed by atoms with E-state index in [9.17, 15) is 14.7 Å². The summed E-state index contributed by atoms with van der Waals surface area (Å²) in [5, 5.41) is 21.0. The predicted molar refractivity (Wildman–Crippen MR) is 74.5 cm³/mol. The van der Waals surface area contributed by atoms with Crippen LogP contribution in [-0.2, 0) is 0 Å². The molecule has 3 N–H and O–H groups in total. The Labute approximate surface area is 119 Å². The Morgan fingerprint density at radius 1 is 1.05 bits per heavy atom. The van der Waals surface area contributed by atoms with E-state index in [1.54, 1.807) is 0 Å². The molecule has 2 aromatic rings. The van der Waals surface area contributed by atoms with Crippen molar-refractivity contribution in [3.05, 3.63) is 58.6 Å². The van der Waals surface area contributed by atoms with E-state index >= 15 is 0 Å². The monoisotopic (exact) mass is 291 g/mol. The van der Waals surface area contributed by atoms with Gasteiger partial charge in [-0.05, 0) is 36.4 Å². The average molecular weight is 292 g/mol. The molecule has 0 aromatic heterocycles. The van der Waals surface area contributed by atoms with E-state index < -0.39 is 11.9 Å². The molecule has 0 aliphatic carbocycles. The Morgan fingerprint density at radius 2 is 1.80 bits per heavy atom. The van der Waals surface area contributed by atoms with Crippen LogP contribution in [0.2, 0.25) is 5.02 Å². The van der Waals surface area contributed by atoms with Crippen molar-refractivity contribution in [3.63, 3.8) is 0 Å². The number of phenolic OH excluding ortho intramolecular Hbond substituents is 1. The van der Waals surface area contributed by atoms with Crippen LogP contribution in [0.5, 0.6) is 5.75 Å². The zero-order valence-electron chi connectivity index (χ0n) is 10.1. The fourth-order valence-electron chi connectivity index (χ4n) is 1.64. The second kappa shape index (κ2) is 5.63. The Balaban J connectivity index is 2.26. The van der Waals surface area contributed by atoms with Gasteiger partial charge >= 0.3 is 5.97 Å². The number of anilines is 1. The van der Waals surface area contributed by atoms with E-state index in [2.05, 4.69) is 5.32 Å². The first-order chi connectivity index (χ1) is 9.45. The summed E-state index contributed by atoms with van der Waals surface area (Å²) in [4.78, 5) is 22.8. The van der Waals surface area contributed by atoms with Crippen LogP contribution in [0.4, 0.5) is 5.69 Å². The van der Waals surface area contributed by atoms with Crippen molar-refractivity contribution in [1.29, 1.82) is 0 Å². The van der Waals surface area contributed by atoms with Gasteiger partial charge in [0.25, 0.3) is 5.91 Å². The highest BCUT2D eigenvalue weighted by Gasteiger charge is 2.10. The van der Waals surface area contributed by atoms with E-state index in [0.717, 1.165) is 0 Å². The number of amides is 1. The summed E-state index contributed by atoms with van der Waals surface area (Å²) in [6.45, 7) is 0. The summed E-state index contributed by atoms with van der Waals surface area (Å²) in [5.41, 5.74) is 0.494. The second-order valence-electron chi connectivity index (χ2n) is 4.04. The smallest absolute Gasteiger partial charge is 0.335 e. The zero-order valence-corrected chi connectivity index (χ0v) is 10.9. The molecule has 0 aliphatic heterocycles. The highest BCUT2D eigenvalue weighted by molar-refractivity contribution is 6.31.